The predicted molar refractivity (Wildman–Crippen MR) is 84.2 cm³/mol. The van der Waals surface area contributed by atoms with Crippen molar-refractivity contribution in [3.8, 4) is 0 Å². The molecule has 0 radical (unpaired) electrons. The molecule has 136 valence electrons. The minimum absolute atomic E-state index is 0.122. The molecule has 0 aliphatic carbocycles. The Bertz CT molecular complexity index is 950. The van der Waals surface area contributed by atoms with Gasteiger partial charge in [-0.3, -0.25) is 5.32 Å². The molecule has 0 fully saturated rings. The molecule has 0 unspecified atom stereocenters. The van der Waals surface area contributed by atoms with Crippen LogP contribution in [0.4, 0.5) is 23.8 Å². The van der Waals surface area contributed by atoms with Gasteiger partial charge in [0.1, 0.15) is 10.7 Å². The minimum Gasteiger partial charge on any atom is -0.465 e. The number of rotatable bonds is 3. The van der Waals surface area contributed by atoms with Crippen LogP contribution in [0.1, 0.15) is 25.6 Å². The molecule has 2 N–H and O–H groups in total. The van der Waals surface area contributed by atoms with Gasteiger partial charge in [0.25, 0.3) is 0 Å². The van der Waals surface area contributed by atoms with Gasteiger partial charge in [0.05, 0.1) is 4.88 Å². The van der Waals surface area contributed by atoms with Crippen molar-refractivity contribution in [1.82, 2.24) is 4.98 Å². The lowest BCUT2D eigenvalue weighted by molar-refractivity contribution is 0.209. The summed E-state index contributed by atoms with van der Waals surface area (Å²) in [5, 5.41) is 10.8. The molecule has 0 saturated carbocycles. The maximum atomic E-state index is 13.8. The summed E-state index contributed by atoms with van der Waals surface area (Å²) in [5.41, 5.74) is -0.671. The average molecular weight is 394 g/mol. The van der Waals surface area contributed by atoms with Crippen molar-refractivity contribution in [2.75, 3.05) is 5.32 Å². The quantitative estimate of drug-likeness (QED) is 0.610. The maximum Gasteiger partial charge on any atom is 0.410 e. The summed E-state index contributed by atoms with van der Waals surface area (Å²) in [7, 11) is -4.61. The Hall–Kier alpha value is -2.14. The van der Waals surface area contributed by atoms with Crippen molar-refractivity contribution >= 4 is 33.1 Å². The monoisotopic (exact) mass is 394 g/mol. The second-order valence-electron chi connectivity index (χ2n) is 6.04. The Morgan fingerprint density at radius 1 is 1.16 bits per heavy atom. The van der Waals surface area contributed by atoms with E-state index in [9.17, 15) is 26.4 Å². The summed E-state index contributed by atoms with van der Waals surface area (Å²) in [6.07, 6.45) is -1.46. The number of thiazole rings is 1. The highest BCUT2D eigenvalue weighted by molar-refractivity contribution is 7.93. The molecule has 1 aromatic heterocycles. The number of halogens is 3. The van der Waals surface area contributed by atoms with Crippen molar-refractivity contribution in [2.24, 2.45) is 0 Å². The zero-order chi connectivity index (χ0) is 19.2. The van der Waals surface area contributed by atoms with Gasteiger partial charge in [0.15, 0.2) is 17.5 Å². The molecule has 0 aliphatic rings. The van der Waals surface area contributed by atoms with Gasteiger partial charge in [-0.1, -0.05) is 20.8 Å². The number of anilines is 1. The van der Waals surface area contributed by atoms with Crippen LogP contribution >= 0.6 is 11.3 Å². The van der Waals surface area contributed by atoms with E-state index in [2.05, 4.69) is 4.98 Å². The number of carbonyl (C=O) groups is 1. The molecule has 2 rings (SSSR count). The highest BCUT2D eigenvalue weighted by Gasteiger charge is 2.32. The van der Waals surface area contributed by atoms with Gasteiger partial charge >= 0.3 is 6.09 Å². The number of hydrogen-bond donors (Lipinski definition) is 2. The molecule has 0 aliphatic heterocycles. The van der Waals surface area contributed by atoms with E-state index < -0.39 is 48.0 Å². The zero-order valence-electron chi connectivity index (χ0n) is 13.2. The van der Waals surface area contributed by atoms with Crippen LogP contribution in [0, 0.1) is 17.5 Å². The molecule has 0 spiro atoms. The van der Waals surface area contributed by atoms with Crippen LogP contribution in [0.2, 0.25) is 0 Å². The van der Waals surface area contributed by atoms with Crippen LogP contribution in [0.5, 0.6) is 0 Å². The molecule has 11 heteroatoms. The van der Waals surface area contributed by atoms with Crippen molar-refractivity contribution in [3.05, 3.63) is 34.5 Å². The Morgan fingerprint density at radius 3 is 2.24 bits per heavy atom. The third kappa shape index (κ3) is 3.76. The SMILES string of the molecule is CC(C)(C)c1sc(S(=O)(=O)c2cc(F)c(F)cc2F)nc1NC(=O)O. The Kier molecular flexibility index (Phi) is 4.83. The van der Waals surface area contributed by atoms with Gasteiger partial charge in [-0.25, -0.2) is 31.4 Å². The smallest absolute Gasteiger partial charge is 0.410 e. The Morgan fingerprint density at radius 2 is 1.72 bits per heavy atom. The second kappa shape index (κ2) is 6.30. The summed E-state index contributed by atoms with van der Waals surface area (Å²) in [6, 6.07) is 0.347. The molecule has 0 saturated heterocycles. The summed E-state index contributed by atoms with van der Waals surface area (Å²) < 4.78 is 64.6. The number of hydrogen-bond acceptors (Lipinski definition) is 5. The first-order valence-electron chi connectivity index (χ1n) is 6.75. The molecule has 6 nitrogen and oxygen atoms in total. The van der Waals surface area contributed by atoms with Crippen LogP contribution < -0.4 is 5.32 Å². The fourth-order valence-corrected chi connectivity index (χ4v) is 4.66. The van der Waals surface area contributed by atoms with E-state index in [1.54, 1.807) is 20.8 Å². The van der Waals surface area contributed by atoms with Crippen LogP contribution in [-0.2, 0) is 15.3 Å². The number of benzene rings is 1. The molecular formula is C14H13F3N2O4S2. The van der Waals surface area contributed by atoms with Crippen LogP contribution in [-0.4, -0.2) is 24.6 Å². The Balaban J connectivity index is 2.67. The summed E-state index contributed by atoms with van der Waals surface area (Å²) in [4.78, 5) is 13.8. The van der Waals surface area contributed by atoms with Crippen molar-refractivity contribution in [3.63, 3.8) is 0 Å². The number of sulfone groups is 1. The van der Waals surface area contributed by atoms with E-state index in [4.69, 9.17) is 5.11 Å². The van der Waals surface area contributed by atoms with E-state index in [1.165, 1.54) is 0 Å². The van der Waals surface area contributed by atoms with E-state index >= 15 is 0 Å². The molecule has 0 atom stereocenters. The van der Waals surface area contributed by atoms with Gasteiger partial charge in [-0.15, -0.1) is 11.3 Å². The largest absolute Gasteiger partial charge is 0.465 e. The zero-order valence-corrected chi connectivity index (χ0v) is 14.9. The third-order valence-corrected chi connectivity index (χ3v) is 6.64. The normalized spacial score (nSPS) is 12.2. The van der Waals surface area contributed by atoms with Gasteiger partial charge in [0.2, 0.25) is 14.2 Å². The maximum absolute atomic E-state index is 13.8. The lowest BCUT2D eigenvalue weighted by Gasteiger charge is -2.17. The summed E-state index contributed by atoms with van der Waals surface area (Å²) in [5.74, 6) is -4.75. The average Bonchev–Trinajstić information content (AvgIpc) is 2.86. The van der Waals surface area contributed by atoms with Gasteiger partial charge in [-0.2, -0.15) is 0 Å². The first-order chi connectivity index (χ1) is 11.3. The van der Waals surface area contributed by atoms with E-state index in [0.29, 0.717) is 11.3 Å². The summed E-state index contributed by atoms with van der Waals surface area (Å²) >= 11 is 0.621. The van der Waals surface area contributed by atoms with Crippen LogP contribution in [0.3, 0.4) is 0 Å². The molecule has 0 bridgehead atoms. The van der Waals surface area contributed by atoms with Gasteiger partial charge < -0.3 is 5.11 Å². The molecule has 25 heavy (non-hydrogen) atoms. The number of carboxylic acid groups (broad SMARTS) is 1. The standard InChI is InChI=1S/C14H13F3N2O4S2/c1-14(2,3)10-11(18-12(20)21)19-13(24-10)25(22,23)9-5-7(16)6(15)4-8(9)17/h4-5,18H,1-3H3,(H,20,21). The lowest BCUT2D eigenvalue weighted by Crippen LogP contribution is -2.15. The van der Waals surface area contributed by atoms with E-state index in [0.717, 1.165) is 0 Å². The van der Waals surface area contributed by atoms with Crippen molar-refractivity contribution < 1.29 is 31.5 Å². The first kappa shape index (κ1) is 19.2. The van der Waals surface area contributed by atoms with Crippen LogP contribution in [0.25, 0.3) is 0 Å². The van der Waals surface area contributed by atoms with E-state index in [-0.39, 0.29) is 22.8 Å². The second-order valence-corrected chi connectivity index (χ2v) is 9.13. The number of nitrogens with one attached hydrogen (secondary N) is 1. The van der Waals surface area contributed by atoms with E-state index in [1.807, 2.05) is 5.32 Å². The third-order valence-electron chi connectivity index (χ3n) is 3.01. The fraction of sp³-hybridized carbons (Fsp3) is 0.286. The highest BCUT2D eigenvalue weighted by atomic mass is 32.2. The number of nitrogens with zero attached hydrogens (tertiary/aromatic N) is 1. The predicted octanol–water partition coefficient (Wildman–Crippen LogP) is 3.78. The van der Waals surface area contributed by atoms with Crippen molar-refractivity contribution in [2.45, 2.75) is 35.4 Å². The van der Waals surface area contributed by atoms with Gasteiger partial charge in [-0.05, 0) is 6.07 Å². The molecule has 1 heterocycles. The fourth-order valence-electron chi connectivity index (χ4n) is 1.91. The molecule has 1 aromatic carbocycles. The summed E-state index contributed by atoms with van der Waals surface area (Å²) in [6.45, 7) is 5.09. The molecule has 1 amide bonds. The lowest BCUT2D eigenvalue weighted by atomic mass is 9.95. The number of amides is 1. The Labute approximate surface area is 145 Å². The highest BCUT2D eigenvalue weighted by Crippen LogP contribution is 2.38. The number of aromatic nitrogens is 1. The first-order valence-corrected chi connectivity index (χ1v) is 9.05. The van der Waals surface area contributed by atoms with Crippen LogP contribution in [0.15, 0.2) is 21.4 Å². The minimum atomic E-state index is -4.61. The molecular weight excluding hydrogens is 381 g/mol. The van der Waals surface area contributed by atoms with Crippen molar-refractivity contribution in [1.29, 1.82) is 0 Å². The topological polar surface area (TPSA) is 96.4 Å². The van der Waals surface area contributed by atoms with Gasteiger partial charge in [0, 0.05) is 11.5 Å². The molecule has 2 aromatic rings.